The molecular formula is C16H26N2O5. The van der Waals surface area contributed by atoms with Crippen molar-refractivity contribution >= 4 is 18.0 Å². The lowest BCUT2D eigenvalue weighted by atomic mass is 10.0. The van der Waals surface area contributed by atoms with E-state index in [1.807, 2.05) is 20.8 Å². The zero-order valence-corrected chi connectivity index (χ0v) is 14.2. The summed E-state index contributed by atoms with van der Waals surface area (Å²) < 4.78 is 10.2. The number of esters is 2. The molecule has 2 amide bonds. The predicted octanol–water partition coefficient (Wildman–Crippen LogP) is 1.87. The van der Waals surface area contributed by atoms with E-state index in [0.29, 0.717) is 24.3 Å². The predicted molar refractivity (Wildman–Crippen MR) is 84.4 cm³/mol. The molecule has 0 bridgehead atoms. The third-order valence-electron chi connectivity index (χ3n) is 3.45. The molecule has 0 aromatic rings. The molecule has 1 heterocycles. The molecule has 0 spiro atoms. The molecule has 23 heavy (non-hydrogen) atoms. The average molecular weight is 326 g/mol. The van der Waals surface area contributed by atoms with E-state index in [0.717, 1.165) is 6.42 Å². The van der Waals surface area contributed by atoms with Gasteiger partial charge in [0.2, 0.25) is 0 Å². The largest absolute Gasteiger partial charge is 0.463 e. The van der Waals surface area contributed by atoms with E-state index in [1.165, 1.54) is 0 Å². The maximum Gasteiger partial charge on any atom is 0.338 e. The first kappa shape index (κ1) is 19.0. The van der Waals surface area contributed by atoms with Gasteiger partial charge in [0.15, 0.2) is 0 Å². The summed E-state index contributed by atoms with van der Waals surface area (Å²) in [6.45, 7) is 7.69. The van der Waals surface area contributed by atoms with Gasteiger partial charge in [0.1, 0.15) is 6.61 Å². The number of urea groups is 1. The molecule has 0 aliphatic carbocycles. The van der Waals surface area contributed by atoms with Crippen molar-refractivity contribution in [2.24, 2.45) is 5.92 Å². The third kappa shape index (κ3) is 5.92. The minimum atomic E-state index is -0.514. The summed E-state index contributed by atoms with van der Waals surface area (Å²) in [6, 6.07) is -0.870. The fourth-order valence-electron chi connectivity index (χ4n) is 2.21. The summed E-state index contributed by atoms with van der Waals surface area (Å²) in [5, 5.41) is 5.21. The molecule has 0 saturated carbocycles. The Labute approximate surface area is 136 Å². The second-order valence-corrected chi connectivity index (χ2v) is 5.77. The molecule has 0 aromatic heterocycles. The monoisotopic (exact) mass is 326 g/mol. The van der Waals surface area contributed by atoms with Gasteiger partial charge < -0.3 is 20.1 Å². The van der Waals surface area contributed by atoms with Crippen molar-refractivity contribution in [3.8, 4) is 0 Å². The van der Waals surface area contributed by atoms with Gasteiger partial charge in [-0.15, -0.1) is 0 Å². The van der Waals surface area contributed by atoms with Crippen LogP contribution < -0.4 is 10.6 Å². The van der Waals surface area contributed by atoms with Gasteiger partial charge in [-0.1, -0.05) is 20.8 Å². The van der Waals surface area contributed by atoms with Crippen LogP contribution in [0.3, 0.4) is 0 Å². The first-order valence-electron chi connectivity index (χ1n) is 8.02. The first-order chi connectivity index (χ1) is 10.9. The number of amides is 2. The van der Waals surface area contributed by atoms with Gasteiger partial charge in [-0.25, -0.2) is 9.59 Å². The molecule has 7 heteroatoms. The first-order valence-corrected chi connectivity index (χ1v) is 8.02. The summed E-state index contributed by atoms with van der Waals surface area (Å²) >= 11 is 0. The lowest BCUT2D eigenvalue weighted by molar-refractivity contribution is -0.144. The number of nitrogens with one attached hydrogen (secondary N) is 2. The van der Waals surface area contributed by atoms with Crippen LogP contribution in [0.25, 0.3) is 0 Å². The molecule has 0 saturated heterocycles. The smallest absolute Gasteiger partial charge is 0.338 e. The van der Waals surface area contributed by atoms with Crippen molar-refractivity contribution in [3.63, 3.8) is 0 Å². The Bertz CT molecular complexity index is 485. The Morgan fingerprint density at radius 3 is 2.48 bits per heavy atom. The zero-order chi connectivity index (χ0) is 17.4. The van der Waals surface area contributed by atoms with E-state index in [9.17, 15) is 14.4 Å². The van der Waals surface area contributed by atoms with E-state index in [4.69, 9.17) is 9.47 Å². The van der Waals surface area contributed by atoms with E-state index in [2.05, 4.69) is 10.6 Å². The van der Waals surface area contributed by atoms with Crippen molar-refractivity contribution in [3.05, 3.63) is 11.3 Å². The van der Waals surface area contributed by atoms with Crippen LogP contribution >= 0.6 is 0 Å². The highest BCUT2D eigenvalue weighted by Gasteiger charge is 2.31. The quantitative estimate of drug-likeness (QED) is 0.664. The Morgan fingerprint density at radius 1 is 1.22 bits per heavy atom. The topological polar surface area (TPSA) is 93.7 Å². The van der Waals surface area contributed by atoms with E-state index >= 15 is 0 Å². The number of hydrogen-bond donors (Lipinski definition) is 2. The van der Waals surface area contributed by atoms with Crippen LogP contribution in [0.1, 0.15) is 47.0 Å². The lowest BCUT2D eigenvalue weighted by Crippen LogP contribution is -2.51. The normalized spacial score (nSPS) is 17.6. The number of rotatable bonds is 8. The summed E-state index contributed by atoms with van der Waals surface area (Å²) in [4.78, 5) is 35.5. The summed E-state index contributed by atoms with van der Waals surface area (Å²) in [6.07, 6.45) is 1.57. The lowest BCUT2D eigenvalue weighted by Gasteiger charge is -2.28. The SMILES string of the molecule is CCOC(=O)C1=C(COC(=O)CCC(C)C)NC(=O)N[C@H]1CC. The Hall–Kier alpha value is -2.05. The molecular weight excluding hydrogens is 300 g/mol. The summed E-state index contributed by atoms with van der Waals surface area (Å²) in [5.41, 5.74) is 0.600. The zero-order valence-electron chi connectivity index (χ0n) is 14.2. The van der Waals surface area contributed by atoms with E-state index < -0.39 is 18.0 Å². The maximum absolute atomic E-state index is 12.1. The molecule has 0 radical (unpaired) electrons. The minimum Gasteiger partial charge on any atom is -0.463 e. The van der Waals surface area contributed by atoms with Crippen molar-refractivity contribution in [2.75, 3.05) is 13.2 Å². The molecule has 0 unspecified atom stereocenters. The van der Waals surface area contributed by atoms with Crippen molar-refractivity contribution in [1.82, 2.24) is 10.6 Å². The standard InChI is InChI=1S/C16H26N2O5/c1-5-11-14(15(20)22-6-2)12(18-16(21)17-11)9-23-13(19)8-7-10(3)4/h10-11H,5-9H2,1-4H3,(H2,17,18,21)/t11-/m0/s1. The summed E-state index contributed by atoms with van der Waals surface area (Å²) in [7, 11) is 0. The maximum atomic E-state index is 12.1. The van der Waals surface area contributed by atoms with Crippen LogP contribution in [0.2, 0.25) is 0 Å². The van der Waals surface area contributed by atoms with Crippen LogP contribution in [0.4, 0.5) is 4.79 Å². The third-order valence-corrected chi connectivity index (χ3v) is 3.45. The van der Waals surface area contributed by atoms with Crippen LogP contribution in [0.5, 0.6) is 0 Å². The van der Waals surface area contributed by atoms with E-state index in [-0.39, 0.29) is 24.9 Å². The molecule has 2 N–H and O–H groups in total. The highest BCUT2D eigenvalue weighted by atomic mass is 16.5. The molecule has 0 fully saturated rings. The van der Waals surface area contributed by atoms with E-state index in [1.54, 1.807) is 6.92 Å². The second-order valence-electron chi connectivity index (χ2n) is 5.77. The van der Waals surface area contributed by atoms with Crippen molar-refractivity contribution in [2.45, 2.75) is 53.0 Å². The van der Waals surface area contributed by atoms with Crippen molar-refractivity contribution < 1.29 is 23.9 Å². The Balaban J connectivity index is 2.83. The van der Waals surface area contributed by atoms with Gasteiger partial charge in [-0.2, -0.15) is 0 Å². The molecule has 1 atom stereocenters. The van der Waals surface area contributed by atoms with Crippen LogP contribution in [-0.2, 0) is 19.1 Å². The minimum absolute atomic E-state index is 0.144. The average Bonchev–Trinajstić information content (AvgIpc) is 2.50. The number of carbonyl (C=O) groups is 3. The Morgan fingerprint density at radius 2 is 1.91 bits per heavy atom. The molecule has 1 rings (SSSR count). The molecule has 1 aliphatic heterocycles. The fraction of sp³-hybridized carbons (Fsp3) is 0.688. The van der Waals surface area contributed by atoms with Gasteiger partial charge in [-0.05, 0) is 25.7 Å². The summed E-state index contributed by atoms with van der Waals surface area (Å²) in [5.74, 6) is -0.463. The van der Waals surface area contributed by atoms with Crippen LogP contribution in [0.15, 0.2) is 11.3 Å². The number of hydrogen-bond acceptors (Lipinski definition) is 5. The van der Waals surface area contributed by atoms with Gasteiger partial charge in [0.05, 0.1) is 23.9 Å². The van der Waals surface area contributed by atoms with Gasteiger partial charge in [0.25, 0.3) is 0 Å². The molecule has 1 aliphatic rings. The molecule has 130 valence electrons. The van der Waals surface area contributed by atoms with Gasteiger partial charge >= 0.3 is 18.0 Å². The van der Waals surface area contributed by atoms with Gasteiger partial charge in [0, 0.05) is 6.42 Å². The molecule has 0 aromatic carbocycles. The Kier molecular flexibility index (Phi) is 7.57. The second kappa shape index (κ2) is 9.17. The van der Waals surface area contributed by atoms with Crippen molar-refractivity contribution in [1.29, 1.82) is 0 Å². The number of ether oxygens (including phenoxy) is 2. The van der Waals surface area contributed by atoms with Crippen LogP contribution in [0, 0.1) is 5.92 Å². The fourth-order valence-corrected chi connectivity index (χ4v) is 2.21. The van der Waals surface area contributed by atoms with Gasteiger partial charge in [-0.3, -0.25) is 4.79 Å². The highest BCUT2D eigenvalue weighted by molar-refractivity contribution is 5.94. The van der Waals surface area contributed by atoms with Crippen LogP contribution in [-0.4, -0.2) is 37.2 Å². The highest BCUT2D eigenvalue weighted by Crippen LogP contribution is 2.17. The number of carbonyl (C=O) groups excluding carboxylic acids is 3. The molecule has 7 nitrogen and oxygen atoms in total.